The first kappa shape index (κ1) is 13.6. The van der Waals surface area contributed by atoms with E-state index in [0.717, 1.165) is 0 Å². The first-order valence-electron chi connectivity index (χ1n) is 4.71. The van der Waals surface area contributed by atoms with E-state index in [-0.39, 0.29) is 12.5 Å². The van der Waals surface area contributed by atoms with Crippen LogP contribution in [0.2, 0.25) is 0 Å². The topological polar surface area (TPSA) is 64.6 Å². The van der Waals surface area contributed by atoms with Gasteiger partial charge in [-0.2, -0.15) is 0 Å². The molecule has 15 heavy (non-hydrogen) atoms. The minimum absolute atomic E-state index is 0.0544. The fraction of sp³-hybridized carbons (Fsp3) is 0.600. The molecule has 5 heteroatoms. The number of rotatable bonds is 7. The Morgan fingerprint density at radius 2 is 2.20 bits per heavy atom. The van der Waals surface area contributed by atoms with Crippen molar-refractivity contribution in [1.82, 2.24) is 5.32 Å². The average molecular weight is 215 g/mol. The van der Waals surface area contributed by atoms with E-state index in [4.69, 9.17) is 4.74 Å². The lowest BCUT2D eigenvalue weighted by Gasteiger charge is -2.14. The number of hydrogen-bond acceptors (Lipinski definition) is 4. The van der Waals surface area contributed by atoms with Crippen molar-refractivity contribution in [1.29, 1.82) is 0 Å². The first-order valence-corrected chi connectivity index (χ1v) is 4.71. The van der Waals surface area contributed by atoms with Gasteiger partial charge in [0.15, 0.2) is 0 Å². The van der Waals surface area contributed by atoms with Crippen LogP contribution < -0.4 is 5.32 Å². The molecule has 0 bridgehead atoms. The molecule has 0 heterocycles. The van der Waals surface area contributed by atoms with Crippen LogP contribution in [0.25, 0.3) is 0 Å². The largest absolute Gasteiger partial charge is 0.467 e. The molecule has 0 saturated heterocycles. The SMILES string of the molecule is C=CC[C@@H](NC(=O)COCC)C(=O)OC. The summed E-state index contributed by atoms with van der Waals surface area (Å²) in [5.74, 6) is -0.825. The molecule has 1 atom stereocenters. The predicted octanol–water partition coefficient (Wildman–Crippen LogP) is 0.257. The third kappa shape index (κ3) is 5.85. The summed E-state index contributed by atoms with van der Waals surface area (Å²) in [6.07, 6.45) is 1.88. The van der Waals surface area contributed by atoms with Crippen molar-refractivity contribution < 1.29 is 19.1 Å². The van der Waals surface area contributed by atoms with Crippen LogP contribution in [0, 0.1) is 0 Å². The van der Waals surface area contributed by atoms with Crippen LogP contribution in [0.1, 0.15) is 13.3 Å². The Morgan fingerprint density at radius 3 is 2.67 bits per heavy atom. The van der Waals surface area contributed by atoms with E-state index in [9.17, 15) is 9.59 Å². The Kier molecular flexibility index (Phi) is 7.27. The minimum Gasteiger partial charge on any atom is -0.467 e. The lowest BCUT2D eigenvalue weighted by Crippen LogP contribution is -2.42. The minimum atomic E-state index is -0.680. The summed E-state index contributed by atoms with van der Waals surface area (Å²) in [4.78, 5) is 22.4. The van der Waals surface area contributed by atoms with E-state index < -0.39 is 12.0 Å². The molecule has 0 aliphatic rings. The first-order chi connectivity index (χ1) is 7.15. The van der Waals surface area contributed by atoms with Crippen molar-refractivity contribution in [3.63, 3.8) is 0 Å². The Hall–Kier alpha value is -1.36. The summed E-state index contributed by atoms with van der Waals surface area (Å²) in [7, 11) is 1.27. The molecule has 1 amide bonds. The Balaban J connectivity index is 4.09. The number of carbonyl (C=O) groups is 2. The highest BCUT2D eigenvalue weighted by atomic mass is 16.5. The molecule has 0 aromatic carbocycles. The smallest absolute Gasteiger partial charge is 0.328 e. The lowest BCUT2D eigenvalue weighted by atomic mass is 10.2. The van der Waals surface area contributed by atoms with Crippen LogP contribution in [0.4, 0.5) is 0 Å². The van der Waals surface area contributed by atoms with E-state index in [0.29, 0.717) is 13.0 Å². The van der Waals surface area contributed by atoms with Gasteiger partial charge in [-0.1, -0.05) is 6.08 Å². The Labute approximate surface area is 89.4 Å². The summed E-state index contributed by atoms with van der Waals surface area (Å²) < 4.78 is 9.43. The van der Waals surface area contributed by atoms with Gasteiger partial charge in [-0.3, -0.25) is 4.79 Å². The van der Waals surface area contributed by atoms with Crippen LogP contribution in [0.15, 0.2) is 12.7 Å². The van der Waals surface area contributed by atoms with Crippen LogP contribution in [-0.4, -0.2) is 38.2 Å². The third-order valence-corrected chi connectivity index (χ3v) is 1.66. The van der Waals surface area contributed by atoms with Gasteiger partial charge >= 0.3 is 5.97 Å². The molecule has 0 aromatic heterocycles. The molecule has 0 aromatic rings. The summed E-state index contributed by atoms with van der Waals surface area (Å²) in [6, 6.07) is -0.680. The normalized spacial score (nSPS) is 11.6. The number of amides is 1. The summed E-state index contributed by atoms with van der Waals surface area (Å²) in [5.41, 5.74) is 0. The molecular weight excluding hydrogens is 198 g/mol. The lowest BCUT2D eigenvalue weighted by molar-refractivity contribution is -0.145. The molecule has 5 nitrogen and oxygen atoms in total. The second kappa shape index (κ2) is 7.99. The van der Waals surface area contributed by atoms with Gasteiger partial charge in [0.05, 0.1) is 7.11 Å². The van der Waals surface area contributed by atoms with E-state index in [1.807, 2.05) is 0 Å². The number of ether oxygens (including phenoxy) is 2. The fourth-order valence-corrected chi connectivity index (χ4v) is 0.954. The molecule has 0 rings (SSSR count). The van der Waals surface area contributed by atoms with Gasteiger partial charge in [0, 0.05) is 6.61 Å². The maximum Gasteiger partial charge on any atom is 0.328 e. The molecule has 0 aliphatic heterocycles. The standard InChI is InChI=1S/C10H17NO4/c1-4-6-8(10(13)14-3)11-9(12)7-15-5-2/h4,8H,1,5-7H2,2-3H3,(H,11,12)/t8-/m1/s1. The van der Waals surface area contributed by atoms with Crippen molar-refractivity contribution in [2.75, 3.05) is 20.3 Å². The second-order valence-electron chi connectivity index (χ2n) is 2.80. The summed E-state index contributed by atoms with van der Waals surface area (Å²) >= 11 is 0. The Bertz CT molecular complexity index is 227. The van der Waals surface area contributed by atoms with E-state index >= 15 is 0 Å². The number of methoxy groups -OCH3 is 1. The quantitative estimate of drug-likeness (QED) is 0.488. The highest BCUT2D eigenvalue weighted by Crippen LogP contribution is 1.95. The number of nitrogens with one attached hydrogen (secondary N) is 1. The van der Waals surface area contributed by atoms with Gasteiger partial charge in [-0.25, -0.2) is 4.79 Å². The monoisotopic (exact) mass is 215 g/mol. The van der Waals surface area contributed by atoms with E-state index in [2.05, 4.69) is 16.6 Å². The van der Waals surface area contributed by atoms with Crippen LogP contribution in [0.5, 0.6) is 0 Å². The zero-order valence-electron chi connectivity index (χ0n) is 9.12. The van der Waals surface area contributed by atoms with Crippen molar-refractivity contribution in [2.24, 2.45) is 0 Å². The van der Waals surface area contributed by atoms with E-state index in [1.54, 1.807) is 13.0 Å². The van der Waals surface area contributed by atoms with Crippen molar-refractivity contribution in [3.05, 3.63) is 12.7 Å². The molecule has 0 fully saturated rings. The summed E-state index contributed by atoms with van der Waals surface area (Å²) in [5, 5.41) is 2.49. The maximum atomic E-state index is 11.2. The van der Waals surface area contributed by atoms with Crippen LogP contribution >= 0.6 is 0 Å². The number of carbonyl (C=O) groups excluding carboxylic acids is 2. The maximum absolute atomic E-state index is 11.2. The summed E-state index contributed by atoms with van der Waals surface area (Å²) in [6.45, 7) is 5.68. The zero-order valence-corrected chi connectivity index (χ0v) is 9.12. The van der Waals surface area contributed by atoms with Crippen molar-refractivity contribution >= 4 is 11.9 Å². The average Bonchev–Trinajstić information content (AvgIpc) is 2.24. The predicted molar refractivity (Wildman–Crippen MR) is 55.3 cm³/mol. The molecule has 86 valence electrons. The van der Waals surface area contributed by atoms with Gasteiger partial charge in [0.25, 0.3) is 0 Å². The highest BCUT2D eigenvalue weighted by molar-refractivity contribution is 5.85. The second-order valence-corrected chi connectivity index (χ2v) is 2.80. The molecular formula is C10H17NO4. The van der Waals surface area contributed by atoms with Crippen LogP contribution in [-0.2, 0) is 19.1 Å². The van der Waals surface area contributed by atoms with Crippen LogP contribution in [0.3, 0.4) is 0 Å². The Morgan fingerprint density at radius 1 is 1.53 bits per heavy atom. The fourth-order valence-electron chi connectivity index (χ4n) is 0.954. The third-order valence-electron chi connectivity index (χ3n) is 1.66. The van der Waals surface area contributed by atoms with Gasteiger partial charge in [0.1, 0.15) is 12.6 Å². The number of hydrogen-bond donors (Lipinski definition) is 1. The van der Waals surface area contributed by atoms with Gasteiger partial charge in [0.2, 0.25) is 5.91 Å². The van der Waals surface area contributed by atoms with Gasteiger partial charge in [-0.15, -0.1) is 6.58 Å². The highest BCUT2D eigenvalue weighted by Gasteiger charge is 2.19. The van der Waals surface area contributed by atoms with Gasteiger partial charge < -0.3 is 14.8 Å². The molecule has 0 unspecified atom stereocenters. The zero-order chi connectivity index (χ0) is 11.7. The van der Waals surface area contributed by atoms with Gasteiger partial charge in [-0.05, 0) is 13.3 Å². The molecule has 1 N–H and O–H groups in total. The van der Waals surface area contributed by atoms with E-state index in [1.165, 1.54) is 7.11 Å². The molecule has 0 radical (unpaired) electrons. The molecule has 0 spiro atoms. The molecule has 0 aliphatic carbocycles. The number of esters is 1. The van der Waals surface area contributed by atoms with Crippen molar-refractivity contribution in [3.8, 4) is 0 Å². The van der Waals surface area contributed by atoms with Crippen molar-refractivity contribution in [2.45, 2.75) is 19.4 Å². The molecule has 0 saturated carbocycles.